The number of aryl methyl sites for hydroxylation is 1. The Morgan fingerprint density at radius 3 is 2.59 bits per heavy atom. The maximum absolute atomic E-state index is 12.4. The number of anilines is 1. The summed E-state index contributed by atoms with van der Waals surface area (Å²) in [4.78, 5) is 38.2. The Morgan fingerprint density at radius 1 is 1.11 bits per heavy atom. The highest BCUT2D eigenvalue weighted by molar-refractivity contribution is 9.10. The van der Waals surface area contributed by atoms with Crippen LogP contribution in [0.25, 0.3) is 0 Å². The van der Waals surface area contributed by atoms with E-state index < -0.39 is 0 Å². The number of hydrogen-bond donors (Lipinski definition) is 1. The highest BCUT2D eigenvalue weighted by atomic mass is 79.9. The topological polar surface area (TPSA) is 75.7 Å². The van der Waals surface area contributed by atoms with Gasteiger partial charge in [-0.05, 0) is 43.7 Å². The van der Waals surface area contributed by atoms with Crippen LogP contribution < -0.4 is 10.1 Å². The van der Waals surface area contributed by atoms with Crippen molar-refractivity contribution in [3.8, 4) is 5.75 Å². The lowest BCUT2D eigenvalue weighted by Gasteiger charge is -2.14. The van der Waals surface area contributed by atoms with E-state index in [0.717, 1.165) is 10.0 Å². The van der Waals surface area contributed by atoms with Gasteiger partial charge in [0.25, 0.3) is 11.8 Å². The molecule has 0 fully saturated rings. The number of carbonyl (C=O) groups excluding carboxylic acids is 3. The molecule has 1 aliphatic rings. The summed E-state index contributed by atoms with van der Waals surface area (Å²) in [6.45, 7) is 2.08. The van der Waals surface area contributed by atoms with E-state index in [1.54, 1.807) is 24.3 Å². The smallest absolute Gasteiger partial charge is 0.261 e. The molecule has 2 aromatic carbocycles. The van der Waals surface area contributed by atoms with Crippen LogP contribution in [-0.2, 0) is 4.79 Å². The third-order valence-corrected chi connectivity index (χ3v) is 4.84. The second-order valence-corrected chi connectivity index (χ2v) is 7.22. The van der Waals surface area contributed by atoms with Crippen molar-refractivity contribution in [3.63, 3.8) is 0 Å². The van der Waals surface area contributed by atoms with Crippen LogP contribution in [-0.4, -0.2) is 36.3 Å². The molecule has 0 atom stereocenters. The first-order chi connectivity index (χ1) is 12.9. The van der Waals surface area contributed by atoms with Gasteiger partial charge in [-0.3, -0.25) is 19.3 Å². The monoisotopic (exact) mass is 430 g/mol. The number of carbonyl (C=O) groups is 3. The molecule has 140 valence electrons. The summed E-state index contributed by atoms with van der Waals surface area (Å²) >= 11 is 3.36. The summed E-state index contributed by atoms with van der Waals surface area (Å²) in [7, 11) is 1.53. The second kappa shape index (κ2) is 7.92. The molecule has 2 aromatic rings. The minimum atomic E-state index is -0.302. The average Bonchev–Trinajstić information content (AvgIpc) is 2.86. The first kappa shape index (κ1) is 19.1. The summed E-state index contributed by atoms with van der Waals surface area (Å²) in [6.07, 6.45) is 0.564. The number of amides is 3. The number of imide groups is 1. The molecule has 3 amide bonds. The molecule has 0 spiro atoms. The maximum Gasteiger partial charge on any atom is 0.261 e. The maximum atomic E-state index is 12.4. The number of fused-ring (bicyclic) bond motifs is 1. The fourth-order valence-corrected chi connectivity index (χ4v) is 3.36. The van der Waals surface area contributed by atoms with Crippen molar-refractivity contribution in [2.75, 3.05) is 19.0 Å². The number of halogens is 1. The Kier molecular flexibility index (Phi) is 5.60. The van der Waals surface area contributed by atoms with Crippen LogP contribution in [0, 0.1) is 6.92 Å². The van der Waals surface area contributed by atoms with Crippen molar-refractivity contribution < 1.29 is 19.1 Å². The van der Waals surface area contributed by atoms with Crippen LogP contribution in [0.4, 0.5) is 5.69 Å². The van der Waals surface area contributed by atoms with Gasteiger partial charge < -0.3 is 10.1 Å². The van der Waals surface area contributed by atoms with Crippen molar-refractivity contribution in [1.82, 2.24) is 4.90 Å². The van der Waals surface area contributed by atoms with Crippen molar-refractivity contribution in [2.45, 2.75) is 19.8 Å². The zero-order chi connectivity index (χ0) is 19.6. The zero-order valence-corrected chi connectivity index (χ0v) is 16.6. The molecular formula is C20H19BrN2O4. The average molecular weight is 431 g/mol. The lowest BCUT2D eigenvalue weighted by Crippen LogP contribution is -2.31. The van der Waals surface area contributed by atoms with E-state index in [1.807, 2.05) is 19.1 Å². The summed E-state index contributed by atoms with van der Waals surface area (Å²) in [5.74, 6) is -0.252. The van der Waals surface area contributed by atoms with Gasteiger partial charge in [-0.2, -0.15) is 0 Å². The van der Waals surface area contributed by atoms with E-state index in [9.17, 15) is 14.4 Å². The molecule has 7 heteroatoms. The van der Waals surface area contributed by atoms with E-state index in [1.165, 1.54) is 12.0 Å². The van der Waals surface area contributed by atoms with Crippen LogP contribution in [0.5, 0.6) is 5.75 Å². The first-order valence-electron chi connectivity index (χ1n) is 8.51. The molecule has 0 saturated carbocycles. The van der Waals surface area contributed by atoms with E-state index in [-0.39, 0.29) is 30.7 Å². The molecule has 3 rings (SSSR count). The lowest BCUT2D eigenvalue weighted by molar-refractivity contribution is -0.116. The van der Waals surface area contributed by atoms with Crippen molar-refractivity contribution >= 4 is 39.3 Å². The standard InChI is InChI=1S/C20H19BrN2O4/c1-12-5-7-14-15(10-12)20(26)23(19(14)25)9-3-4-18(24)22-16-11-13(21)6-8-17(16)27-2/h5-8,10-11H,3-4,9H2,1-2H3,(H,22,24). The Hall–Kier alpha value is -2.67. The first-order valence-corrected chi connectivity index (χ1v) is 9.30. The van der Waals surface area contributed by atoms with Crippen LogP contribution in [0.1, 0.15) is 39.1 Å². The van der Waals surface area contributed by atoms with Crippen LogP contribution in [0.3, 0.4) is 0 Å². The molecule has 27 heavy (non-hydrogen) atoms. The predicted molar refractivity (Wildman–Crippen MR) is 105 cm³/mol. The summed E-state index contributed by atoms with van der Waals surface area (Å²) < 4.78 is 6.05. The molecule has 1 N–H and O–H groups in total. The minimum absolute atomic E-state index is 0.183. The molecule has 0 aromatic heterocycles. The number of nitrogens with one attached hydrogen (secondary N) is 1. The molecule has 0 bridgehead atoms. The molecule has 0 aliphatic carbocycles. The van der Waals surface area contributed by atoms with Crippen molar-refractivity contribution in [1.29, 1.82) is 0 Å². The Labute approximate surface area is 165 Å². The number of rotatable bonds is 6. The summed E-state index contributed by atoms with van der Waals surface area (Å²) in [5.41, 5.74) is 2.35. The normalized spacial score (nSPS) is 12.9. The quantitative estimate of drug-likeness (QED) is 0.707. The van der Waals surface area contributed by atoms with Gasteiger partial charge in [0.2, 0.25) is 5.91 Å². The highest BCUT2D eigenvalue weighted by Gasteiger charge is 2.34. The van der Waals surface area contributed by atoms with Gasteiger partial charge in [-0.25, -0.2) is 0 Å². The largest absolute Gasteiger partial charge is 0.495 e. The summed E-state index contributed by atoms with van der Waals surface area (Å²) in [6, 6.07) is 10.5. The van der Waals surface area contributed by atoms with Gasteiger partial charge in [-0.15, -0.1) is 0 Å². The summed E-state index contributed by atoms with van der Waals surface area (Å²) in [5, 5.41) is 2.79. The molecule has 1 heterocycles. The van der Waals surface area contributed by atoms with Gasteiger partial charge in [0.1, 0.15) is 5.75 Å². The number of nitrogens with zero attached hydrogens (tertiary/aromatic N) is 1. The fraction of sp³-hybridized carbons (Fsp3) is 0.250. The van der Waals surface area contributed by atoms with Gasteiger partial charge in [0.15, 0.2) is 0 Å². The molecule has 0 saturated heterocycles. The molecule has 0 unspecified atom stereocenters. The van der Waals surface area contributed by atoms with Crippen LogP contribution in [0.2, 0.25) is 0 Å². The zero-order valence-electron chi connectivity index (χ0n) is 15.0. The number of hydrogen-bond acceptors (Lipinski definition) is 4. The molecule has 6 nitrogen and oxygen atoms in total. The fourth-order valence-electron chi connectivity index (χ4n) is 3.00. The van der Waals surface area contributed by atoms with Crippen molar-refractivity contribution in [2.24, 2.45) is 0 Å². The number of methoxy groups -OCH3 is 1. The van der Waals surface area contributed by atoms with E-state index >= 15 is 0 Å². The van der Waals surface area contributed by atoms with Gasteiger partial charge >= 0.3 is 0 Å². The van der Waals surface area contributed by atoms with E-state index in [2.05, 4.69) is 21.2 Å². The third-order valence-electron chi connectivity index (χ3n) is 4.35. The van der Waals surface area contributed by atoms with E-state index in [4.69, 9.17) is 4.74 Å². The van der Waals surface area contributed by atoms with Crippen LogP contribution in [0.15, 0.2) is 40.9 Å². The van der Waals surface area contributed by atoms with Gasteiger partial charge in [0.05, 0.1) is 23.9 Å². The second-order valence-electron chi connectivity index (χ2n) is 6.31. The molecule has 1 aliphatic heterocycles. The highest BCUT2D eigenvalue weighted by Crippen LogP contribution is 2.28. The number of benzene rings is 2. The lowest BCUT2D eigenvalue weighted by atomic mass is 10.1. The van der Waals surface area contributed by atoms with Gasteiger partial charge in [0, 0.05) is 17.4 Å². The molecule has 0 radical (unpaired) electrons. The Balaban J connectivity index is 1.58. The Bertz CT molecular complexity index is 926. The van der Waals surface area contributed by atoms with Crippen molar-refractivity contribution in [3.05, 3.63) is 57.6 Å². The van der Waals surface area contributed by atoms with E-state index in [0.29, 0.717) is 29.0 Å². The molecular weight excluding hydrogens is 412 g/mol. The SMILES string of the molecule is COc1ccc(Br)cc1NC(=O)CCCN1C(=O)c2ccc(C)cc2C1=O. The third kappa shape index (κ3) is 4.03. The number of ether oxygens (including phenoxy) is 1. The predicted octanol–water partition coefficient (Wildman–Crippen LogP) is 3.78. The van der Waals surface area contributed by atoms with Gasteiger partial charge in [-0.1, -0.05) is 27.6 Å². The van der Waals surface area contributed by atoms with Crippen LogP contribution >= 0.6 is 15.9 Å². The minimum Gasteiger partial charge on any atom is -0.495 e. The Morgan fingerprint density at radius 2 is 1.85 bits per heavy atom.